The molecule has 0 spiro atoms. The normalized spacial score (nSPS) is 14.2. The topological polar surface area (TPSA) is 73.2 Å². The van der Waals surface area contributed by atoms with Gasteiger partial charge in [-0.25, -0.2) is 0 Å². The van der Waals surface area contributed by atoms with E-state index in [9.17, 15) is 9.59 Å². The lowest BCUT2D eigenvalue weighted by molar-refractivity contribution is -0.118. The fraction of sp³-hybridized carbons (Fsp3) is 0.615. The van der Waals surface area contributed by atoms with Crippen LogP contribution in [0.25, 0.3) is 0 Å². The molecule has 0 bridgehead atoms. The molecule has 0 unspecified atom stereocenters. The van der Waals surface area contributed by atoms with E-state index in [1.807, 2.05) is 4.57 Å². The van der Waals surface area contributed by atoms with Crippen molar-refractivity contribution in [2.45, 2.75) is 30.5 Å². The van der Waals surface area contributed by atoms with Gasteiger partial charge in [0.15, 0.2) is 5.16 Å². The highest BCUT2D eigenvalue weighted by Crippen LogP contribution is 2.36. The number of nitrogens with zero attached hydrogens (tertiary/aromatic N) is 2. The smallest absolute Gasteiger partial charge is 0.273 e. The molecule has 1 aliphatic rings. The first kappa shape index (κ1) is 15.1. The molecule has 1 heterocycles. The summed E-state index contributed by atoms with van der Waals surface area (Å²) in [6, 6.07) is 1.91. The van der Waals surface area contributed by atoms with E-state index in [4.69, 9.17) is 4.74 Å². The number of hydrogen-bond acceptors (Lipinski definition) is 5. The van der Waals surface area contributed by atoms with Crippen molar-refractivity contribution in [2.24, 2.45) is 0 Å². The quantitative estimate of drug-likeness (QED) is 0.437. The molecule has 0 aliphatic heterocycles. The van der Waals surface area contributed by atoms with Crippen molar-refractivity contribution in [1.82, 2.24) is 14.9 Å². The third-order valence-electron chi connectivity index (χ3n) is 2.92. The second-order valence-corrected chi connectivity index (χ2v) is 5.61. The monoisotopic (exact) mass is 297 g/mol. The van der Waals surface area contributed by atoms with Crippen molar-refractivity contribution >= 4 is 17.7 Å². The molecule has 0 aromatic carbocycles. The second-order valence-electron chi connectivity index (χ2n) is 4.67. The first-order chi connectivity index (χ1) is 9.70. The number of amides is 1. The van der Waals surface area contributed by atoms with Crippen LogP contribution in [0.3, 0.4) is 0 Å². The van der Waals surface area contributed by atoms with Crippen LogP contribution in [0.2, 0.25) is 0 Å². The Hall–Kier alpha value is -1.34. The Kier molecular flexibility index (Phi) is 5.60. The molecule has 2 rings (SSSR count). The highest BCUT2D eigenvalue weighted by atomic mass is 32.2. The van der Waals surface area contributed by atoms with E-state index in [1.54, 1.807) is 13.3 Å². The zero-order valence-corrected chi connectivity index (χ0v) is 12.3. The van der Waals surface area contributed by atoms with Crippen LogP contribution in [0.4, 0.5) is 0 Å². The van der Waals surface area contributed by atoms with Crippen LogP contribution in [0.15, 0.2) is 22.2 Å². The van der Waals surface area contributed by atoms with Gasteiger partial charge in [-0.2, -0.15) is 4.98 Å². The Morgan fingerprint density at radius 2 is 2.40 bits per heavy atom. The Labute approximate surface area is 121 Å². The molecule has 1 aromatic rings. The summed E-state index contributed by atoms with van der Waals surface area (Å²) in [5, 5.41) is 3.44. The SMILES string of the molecule is COCCCNC(=O)CSc1nc(=O)ccn1C1CC1. The molecule has 1 saturated carbocycles. The predicted octanol–water partition coefficient (Wildman–Crippen LogP) is 0.823. The van der Waals surface area contributed by atoms with E-state index in [0.29, 0.717) is 24.3 Å². The molecule has 0 atom stereocenters. The molecule has 1 aliphatic carbocycles. The number of carbonyl (C=O) groups excluding carboxylic acids is 1. The minimum absolute atomic E-state index is 0.0495. The summed E-state index contributed by atoms with van der Waals surface area (Å²) in [7, 11) is 1.63. The van der Waals surface area contributed by atoms with Gasteiger partial charge >= 0.3 is 0 Å². The second kappa shape index (κ2) is 7.44. The molecule has 1 N–H and O–H groups in total. The number of carbonyl (C=O) groups is 1. The first-order valence-corrected chi connectivity index (χ1v) is 7.67. The van der Waals surface area contributed by atoms with Crippen LogP contribution in [-0.2, 0) is 9.53 Å². The van der Waals surface area contributed by atoms with Crippen molar-refractivity contribution in [3.8, 4) is 0 Å². The maximum Gasteiger partial charge on any atom is 0.273 e. The van der Waals surface area contributed by atoms with Crippen LogP contribution in [0.5, 0.6) is 0 Å². The number of thioether (sulfide) groups is 1. The molecule has 7 heteroatoms. The first-order valence-electron chi connectivity index (χ1n) is 6.68. The number of nitrogens with one attached hydrogen (secondary N) is 1. The van der Waals surface area contributed by atoms with Gasteiger partial charge in [-0.1, -0.05) is 11.8 Å². The average molecular weight is 297 g/mol. The molecule has 0 saturated heterocycles. The van der Waals surface area contributed by atoms with Gasteiger partial charge in [0.2, 0.25) is 5.91 Å². The molecule has 0 radical (unpaired) electrons. The Bertz CT molecular complexity index is 514. The lowest BCUT2D eigenvalue weighted by Crippen LogP contribution is -2.27. The predicted molar refractivity (Wildman–Crippen MR) is 77.0 cm³/mol. The zero-order chi connectivity index (χ0) is 14.4. The Morgan fingerprint density at radius 1 is 1.60 bits per heavy atom. The molecular formula is C13H19N3O3S. The standard InChI is InChI=1S/C13H19N3O3S/c1-19-8-2-6-14-12(18)9-20-13-15-11(17)5-7-16(13)10-3-4-10/h5,7,10H,2-4,6,8-9H2,1H3,(H,14,18). The van der Waals surface area contributed by atoms with E-state index in [2.05, 4.69) is 10.3 Å². The highest BCUT2D eigenvalue weighted by molar-refractivity contribution is 7.99. The van der Waals surface area contributed by atoms with Gasteiger partial charge in [0.1, 0.15) is 0 Å². The summed E-state index contributed by atoms with van der Waals surface area (Å²) in [5.41, 5.74) is -0.259. The van der Waals surface area contributed by atoms with Gasteiger partial charge in [0, 0.05) is 38.6 Å². The van der Waals surface area contributed by atoms with E-state index >= 15 is 0 Å². The van der Waals surface area contributed by atoms with Crippen LogP contribution >= 0.6 is 11.8 Å². The summed E-state index contributed by atoms with van der Waals surface area (Å²) in [5.74, 6) is 0.224. The van der Waals surface area contributed by atoms with Gasteiger partial charge in [-0.3, -0.25) is 9.59 Å². The van der Waals surface area contributed by atoms with Crippen molar-refractivity contribution in [2.75, 3.05) is 26.0 Å². The summed E-state index contributed by atoms with van der Waals surface area (Å²) >= 11 is 1.31. The number of rotatable bonds is 8. The third-order valence-corrected chi connectivity index (χ3v) is 3.89. The summed E-state index contributed by atoms with van der Waals surface area (Å²) in [6.07, 6.45) is 4.79. The average Bonchev–Trinajstić information content (AvgIpc) is 3.26. The van der Waals surface area contributed by atoms with Crippen LogP contribution in [-0.4, -0.2) is 41.5 Å². The van der Waals surface area contributed by atoms with E-state index in [1.165, 1.54) is 17.8 Å². The molecular weight excluding hydrogens is 278 g/mol. The van der Waals surface area contributed by atoms with Crippen molar-refractivity contribution < 1.29 is 9.53 Å². The van der Waals surface area contributed by atoms with Crippen molar-refractivity contribution in [3.63, 3.8) is 0 Å². The lowest BCUT2D eigenvalue weighted by Gasteiger charge is -2.10. The summed E-state index contributed by atoms with van der Waals surface area (Å²) in [6.45, 7) is 1.24. The molecule has 1 aromatic heterocycles. The van der Waals surface area contributed by atoms with E-state index < -0.39 is 0 Å². The fourth-order valence-corrected chi connectivity index (χ4v) is 2.64. The molecule has 6 nitrogen and oxygen atoms in total. The minimum atomic E-state index is -0.259. The van der Waals surface area contributed by atoms with Gasteiger partial charge in [0.25, 0.3) is 5.56 Å². The molecule has 110 valence electrons. The van der Waals surface area contributed by atoms with E-state index in [-0.39, 0.29) is 17.2 Å². The number of hydrogen-bond donors (Lipinski definition) is 1. The van der Waals surface area contributed by atoms with Crippen molar-refractivity contribution in [1.29, 1.82) is 0 Å². The fourth-order valence-electron chi connectivity index (χ4n) is 1.76. The highest BCUT2D eigenvalue weighted by Gasteiger charge is 2.25. The molecule has 1 amide bonds. The maximum atomic E-state index is 11.7. The largest absolute Gasteiger partial charge is 0.385 e. The van der Waals surface area contributed by atoms with Gasteiger partial charge < -0.3 is 14.6 Å². The van der Waals surface area contributed by atoms with Crippen LogP contribution < -0.4 is 10.9 Å². The van der Waals surface area contributed by atoms with Crippen molar-refractivity contribution in [3.05, 3.63) is 22.6 Å². The summed E-state index contributed by atoms with van der Waals surface area (Å²) in [4.78, 5) is 27.0. The maximum absolute atomic E-state index is 11.7. The minimum Gasteiger partial charge on any atom is -0.385 e. The van der Waals surface area contributed by atoms with Gasteiger partial charge in [0.05, 0.1) is 5.75 Å². The lowest BCUT2D eigenvalue weighted by atomic mass is 10.4. The molecule has 20 heavy (non-hydrogen) atoms. The van der Waals surface area contributed by atoms with Crippen LogP contribution in [0.1, 0.15) is 25.3 Å². The third kappa shape index (κ3) is 4.64. The van der Waals surface area contributed by atoms with Gasteiger partial charge in [-0.15, -0.1) is 0 Å². The number of aromatic nitrogens is 2. The Balaban J connectivity index is 1.82. The number of methoxy groups -OCH3 is 1. The summed E-state index contributed by atoms with van der Waals surface area (Å²) < 4.78 is 6.90. The van der Waals surface area contributed by atoms with Crippen LogP contribution in [0, 0.1) is 0 Å². The zero-order valence-electron chi connectivity index (χ0n) is 11.5. The van der Waals surface area contributed by atoms with Gasteiger partial charge in [-0.05, 0) is 19.3 Å². The number of ether oxygens (including phenoxy) is 1. The molecule has 1 fully saturated rings. The Morgan fingerprint density at radius 3 is 3.10 bits per heavy atom. The van der Waals surface area contributed by atoms with E-state index in [0.717, 1.165) is 19.3 Å².